The number of rotatable bonds is 4. The molecule has 1 aromatic rings. The summed E-state index contributed by atoms with van der Waals surface area (Å²) < 4.78 is 0. The third kappa shape index (κ3) is 4.96. The van der Waals surface area contributed by atoms with E-state index < -0.39 is 0 Å². The Bertz CT molecular complexity index is 553. The first-order valence-electron chi connectivity index (χ1n) is 9.37. The Kier molecular flexibility index (Phi) is 7.29. The second kappa shape index (κ2) is 9.02. The van der Waals surface area contributed by atoms with Gasteiger partial charge in [-0.2, -0.15) is 0 Å². The van der Waals surface area contributed by atoms with Crippen molar-refractivity contribution in [3.8, 4) is 0 Å². The zero-order valence-corrected chi connectivity index (χ0v) is 16.2. The summed E-state index contributed by atoms with van der Waals surface area (Å²) in [5.41, 5.74) is 7.61. The Morgan fingerprint density at radius 1 is 1.20 bits per heavy atom. The zero-order valence-electron chi connectivity index (χ0n) is 15.4. The highest BCUT2D eigenvalue weighted by molar-refractivity contribution is 5.85. The minimum absolute atomic E-state index is 0. The average molecular weight is 366 g/mol. The fourth-order valence-corrected chi connectivity index (χ4v) is 4.34. The molecule has 1 saturated carbocycles. The molecule has 140 valence electrons. The van der Waals surface area contributed by atoms with Crippen LogP contribution in [0.3, 0.4) is 0 Å². The number of nitrogens with zero attached hydrogens (tertiary/aromatic N) is 1. The Hall–Kier alpha value is -1.10. The first kappa shape index (κ1) is 20.2. The fourth-order valence-electron chi connectivity index (χ4n) is 4.34. The van der Waals surface area contributed by atoms with Gasteiger partial charge in [0.2, 0.25) is 5.91 Å². The number of benzene rings is 1. The summed E-state index contributed by atoms with van der Waals surface area (Å²) in [4.78, 5) is 14.7. The van der Waals surface area contributed by atoms with Crippen LogP contribution in [0.4, 0.5) is 0 Å². The van der Waals surface area contributed by atoms with Crippen LogP contribution in [0.1, 0.15) is 44.6 Å². The lowest BCUT2D eigenvalue weighted by Crippen LogP contribution is -2.47. The summed E-state index contributed by atoms with van der Waals surface area (Å²) >= 11 is 0. The number of likely N-dealkylation sites (tertiary alicyclic amines) is 1. The van der Waals surface area contributed by atoms with E-state index in [-0.39, 0.29) is 24.4 Å². The Balaban J connectivity index is 0.00000225. The fraction of sp³-hybridized carbons (Fsp3) is 0.650. The predicted octanol–water partition coefficient (Wildman–Crippen LogP) is 2.78. The van der Waals surface area contributed by atoms with E-state index in [4.69, 9.17) is 5.73 Å². The van der Waals surface area contributed by atoms with Crippen LogP contribution in [-0.2, 0) is 4.79 Å². The quantitative estimate of drug-likeness (QED) is 0.862. The molecule has 2 fully saturated rings. The van der Waals surface area contributed by atoms with Gasteiger partial charge in [-0.3, -0.25) is 9.69 Å². The molecule has 2 aliphatic rings. The summed E-state index contributed by atoms with van der Waals surface area (Å²) in [5, 5.41) is 3.27. The number of carbonyl (C=O) groups is 1. The predicted molar refractivity (Wildman–Crippen MR) is 105 cm³/mol. The summed E-state index contributed by atoms with van der Waals surface area (Å²) in [5.74, 6) is 1.75. The number of halogens is 1. The normalized spacial score (nSPS) is 32.8. The number of nitrogens with two attached hydrogens (primary N) is 1. The maximum atomic E-state index is 12.5. The van der Waals surface area contributed by atoms with E-state index in [1.165, 1.54) is 18.4 Å². The molecule has 0 spiro atoms. The molecule has 4 nitrogen and oxygen atoms in total. The van der Waals surface area contributed by atoms with Gasteiger partial charge in [-0.1, -0.05) is 57.0 Å². The van der Waals surface area contributed by atoms with Gasteiger partial charge in [-0.15, -0.1) is 12.4 Å². The van der Waals surface area contributed by atoms with Gasteiger partial charge in [0, 0.05) is 31.1 Å². The molecule has 1 heterocycles. The lowest BCUT2D eigenvalue weighted by Gasteiger charge is -2.35. The first-order valence-corrected chi connectivity index (χ1v) is 9.37. The maximum absolute atomic E-state index is 12.5. The molecule has 3 rings (SSSR count). The molecule has 0 aromatic heterocycles. The molecular formula is C20H32ClN3O. The van der Waals surface area contributed by atoms with Crippen LogP contribution in [0, 0.1) is 11.8 Å². The maximum Gasteiger partial charge on any atom is 0.234 e. The van der Waals surface area contributed by atoms with E-state index in [0.29, 0.717) is 30.3 Å². The molecule has 1 aromatic carbocycles. The van der Waals surface area contributed by atoms with E-state index >= 15 is 0 Å². The lowest BCUT2D eigenvalue weighted by molar-refractivity contribution is -0.123. The van der Waals surface area contributed by atoms with Crippen molar-refractivity contribution in [1.82, 2.24) is 10.2 Å². The third-order valence-corrected chi connectivity index (χ3v) is 6.09. The number of amides is 1. The smallest absolute Gasteiger partial charge is 0.234 e. The number of hydrogen-bond acceptors (Lipinski definition) is 3. The van der Waals surface area contributed by atoms with Gasteiger partial charge in [0.15, 0.2) is 0 Å². The molecule has 1 aliphatic carbocycles. The number of carbonyl (C=O) groups excluding carboxylic acids is 1. The van der Waals surface area contributed by atoms with Gasteiger partial charge < -0.3 is 11.1 Å². The largest absolute Gasteiger partial charge is 0.352 e. The van der Waals surface area contributed by atoms with Crippen LogP contribution in [0.5, 0.6) is 0 Å². The van der Waals surface area contributed by atoms with Gasteiger partial charge in [-0.25, -0.2) is 0 Å². The zero-order chi connectivity index (χ0) is 17.1. The van der Waals surface area contributed by atoms with Crippen molar-refractivity contribution in [2.24, 2.45) is 17.6 Å². The average Bonchev–Trinajstić information content (AvgIpc) is 2.93. The molecule has 1 amide bonds. The van der Waals surface area contributed by atoms with Crippen molar-refractivity contribution in [1.29, 1.82) is 0 Å². The van der Waals surface area contributed by atoms with Crippen LogP contribution >= 0.6 is 12.4 Å². The minimum Gasteiger partial charge on any atom is -0.352 e. The van der Waals surface area contributed by atoms with Crippen LogP contribution in [0.2, 0.25) is 0 Å². The molecule has 3 N–H and O–H groups in total. The van der Waals surface area contributed by atoms with Crippen molar-refractivity contribution >= 4 is 18.3 Å². The van der Waals surface area contributed by atoms with Crippen molar-refractivity contribution in [2.75, 3.05) is 19.6 Å². The van der Waals surface area contributed by atoms with E-state index in [1.54, 1.807) is 0 Å². The van der Waals surface area contributed by atoms with Crippen LogP contribution in [-0.4, -0.2) is 42.5 Å². The molecule has 0 bridgehead atoms. The Morgan fingerprint density at radius 2 is 1.92 bits per heavy atom. The van der Waals surface area contributed by atoms with Gasteiger partial charge in [0.05, 0.1) is 6.54 Å². The Labute approximate surface area is 157 Å². The second-order valence-corrected chi connectivity index (χ2v) is 7.82. The summed E-state index contributed by atoms with van der Waals surface area (Å²) in [6, 6.07) is 10.9. The van der Waals surface area contributed by atoms with Crippen molar-refractivity contribution < 1.29 is 4.79 Å². The van der Waals surface area contributed by atoms with E-state index in [1.807, 2.05) is 6.07 Å². The second-order valence-electron chi connectivity index (χ2n) is 7.82. The highest BCUT2D eigenvalue weighted by Crippen LogP contribution is 2.30. The lowest BCUT2D eigenvalue weighted by atomic mass is 9.78. The van der Waals surface area contributed by atoms with Crippen molar-refractivity contribution in [2.45, 2.75) is 51.1 Å². The Morgan fingerprint density at radius 3 is 2.64 bits per heavy atom. The third-order valence-electron chi connectivity index (χ3n) is 6.09. The SMILES string of the molecule is CC1CCCC(NC(=O)CN2C[C@@H](N)[C@H](c3ccccc3)C2)C1C.Cl. The summed E-state index contributed by atoms with van der Waals surface area (Å²) in [6.07, 6.45) is 3.62. The molecule has 1 aliphatic heterocycles. The molecule has 25 heavy (non-hydrogen) atoms. The van der Waals surface area contributed by atoms with Crippen LogP contribution in [0.25, 0.3) is 0 Å². The van der Waals surface area contributed by atoms with Crippen molar-refractivity contribution in [3.63, 3.8) is 0 Å². The highest BCUT2D eigenvalue weighted by Gasteiger charge is 2.33. The van der Waals surface area contributed by atoms with Gasteiger partial charge in [-0.05, 0) is 23.8 Å². The number of hydrogen-bond donors (Lipinski definition) is 2. The van der Waals surface area contributed by atoms with Crippen LogP contribution < -0.4 is 11.1 Å². The molecule has 1 saturated heterocycles. The molecule has 5 atom stereocenters. The minimum atomic E-state index is 0. The molecular weight excluding hydrogens is 334 g/mol. The van der Waals surface area contributed by atoms with E-state index in [0.717, 1.165) is 19.5 Å². The summed E-state index contributed by atoms with van der Waals surface area (Å²) in [7, 11) is 0. The van der Waals surface area contributed by atoms with Crippen molar-refractivity contribution in [3.05, 3.63) is 35.9 Å². The topological polar surface area (TPSA) is 58.4 Å². The van der Waals surface area contributed by atoms with Gasteiger partial charge >= 0.3 is 0 Å². The summed E-state index contributed by atoms with van der Waals surface area (Å²) in [6.45, 7) is 6.70. The van der Waals surface area contributed by atoms with Crippen LogP contribution in [0.15, 0.2) is 30.3 Å². The van der Waals surface area contributed by atoms with E-state index in [2.05, 4.69) is 48.3 Å². The van der Waals surface area contributed by atoms with Gasteiger partial charge in [0.1, 0.15) is 0 Å². The number of nitrogens with one attached hydrogen (secondary N) is 1. The van der Waals surface area contributed by atoms with Gasteiger partial charge in [0.25, 0.3) is 0 Å². The molecule has 5 heteroatoms. The molecule has 0 radical (unpaired) electrons. The first-order chi connectivity index (χ1) is 11.5. The highest BCUT2D eigenvalue weighted by atomic mass is 35.5. The standard InChI is InChI=1S/C20H31N3O.ClH/c1-14-7-6-10-19(15(14)2)22-20(24)13-23-11-17(18(21)12-23)16-8-4-3-5-9-16;/h3-5,8-9,14-15,17-19H,6-7,10-13,21H2,1-2H3,(H,22,24);1H/t14?,15?,17-,18+,19?;/m0./s1. The molecule has 3 unspecified atom stereocenters. The monoisotopic (exact) mass is 365 g/mol. The van der Waals surface area contributed by atoms with E-state index in [9.17, 15) is 4.79 Å².